The molecule has 0 aliphatic heterocycles. The molecule has 1 aromatic rings. The van der Waals surface area contributed by atoms with Crippen LogP contribution in [0.5, 0.6) is 5.75 Å². The zero-order chi connectivity index (χ0) is 11.7. The third kappa shape index (κ3) is 8.34. The lowest BCUT2D eigenvalue weighted by atomic mass is 10.0. The first kappa shape index (κ1) is 17.4. The maximum Gasteiger partial charge on any atom is 0.115 e. The zero-order valence-corrected chi connectivity index (χ0v) is 10.5. The van der Waals surface area contributed by atoms with Crippen molar-refractivity contribution in [1.82, 2.24) is 0 Å². The summed E-state index contributed by atoms with van der Waals surface area (Å²) >= 11 is 0. The summed E-state index contributed by atoms with van der Waals surface area (Å²) in [4.78, 5) is 0. The summed E-state index contributed by atoms with van der Waals surface area (Å²) in [5.74, 6) is 1.15. The first-order valence-corrected chi connectivity index (χ1v) is 5.96. The Morgan fingerprint density at radius 3 is 2.31 bits per heavy atom. The summed E-state index contributed by atoms with van der Waals surface area (Å²) in [7, 11) is 0. The van der Waals surface area contributed by atoms with Gasteiger partial charge in [0.05, 0.1) is 0 Å². The fourth-order valence-electron chi connectivity index (χ4n) is 1.43. The minimum Gasteiger partial charge on any atom is -0.508 e. The third-order valence-corrected chi connectivity index (χ3v) is 2.16. The summed E-state index contributed by atoms with van der Waals surface area (Å²) in [5, 5.41) is 9.22. The third-order valence-electron chi connectivity index (χ3n) is 2.16. The highest BCUT2D eigenvalue weighted by molar-refractivity contribution is 5.27. The van der Waals surface area contributed by atoms with Crippen molar-refractivity contribution in [3.05, 3.63) is 29.8 Å². The van der Waals surface area contributed by atoms with E-state index in [-0.39, 0.29) is 7.43 Å². The zero-order valence-electron chi connectivity index (χ0n) is 10.5. The molecule has 1 N–H and O–H groups in total. The number of phenolic OH excluding ortho intramolecular Hbond substituents is 1. The van der Waals surface area contributed by atoms with Gasteiger partial charge >= 0.3 is 0 Å². The number of hydrogen-bond acceptors (Lipinski definition) is 1. The Morgan fingerprint density at radius 1 is 1.19 bits per heavy atom. The lowest BCUT2D eigenvalue weighted by molar-refractivity contribution is 0.474. The van der Waals surface area contributed by atoms with Gasteiger partial charge in [-0.2, -0.15) is 0 Å². The number of aromatic hydroxyl groups is 1. The molecule has 0 spiro atoms. The Kier molecular flexibility index (Phi) is 11.5. The van der Waals surface area contributed by atoms with Crippen LogP contribution in [0.15, 0.2) is 24.3 Å². The van der Waals surface area contributed by atoms with E-state index in [0.29, 0.717) is 5.75 Å². The second-order valence-corrected chi connectivity index (χ2v) is 3.96. The maximum absolute atomic E-state index is 9.22. The second-order valence-electron chi connectivity index (χ2n) is 3.96. The van der Waals surface area contributed by atoms with Gasteiger partial charge in [-0.25, -0.2) is 0 Å². The molecular formula is C15H28O. The van der Waals surface area contributed by atoms with E-state index in [1.165, 1.54) is 18.4 Å². The van der Waals surface area contributed by atoms with Crippen LogP contribution in [0.4, 0.5) is 0 Å². The van der Waals surface area contributed by atoms with Crippen molar-refractivity contribution in [2.75, 3.05) is 0 Å². The fraction of sp³-hybridized carbons (Fsp3) is 0.600. The molecule has 1 rings (SSSR count). The van der Waals surface area contributed by atoms with Gasteiger partial charge in [-0.1, -0.05) is 53.7 Å². The van der Waals surface area contributed by atoms with Crippen LogP contribution in [0.3, 0.4) is 0 Å². The Bertz CT molecular complexity index is 253. The molecule has 1 aromatic carbocycles. The van der Waals surface area contributed by atoms with Gasteiger partial charge in [-0.15, -0.1) is 0 Å². The molecule has 0 atom stereocenters. The lowest BCUT2D eigenvalue weighted by Crippen LogP contribution is -1.90. The Morgan fingerprint density at radius 2 is 1.81 bits per heavy atom. The first-order chi connectivity index (χ1) is 7.18. The number of aryl methyl sites for hydroxylation is 1. The Balaban J connectivity index is 0. The van der Waals surface area contributed by atoms with Gasteiger partial charge < -0.3 is 5.11 Å². The molecule has 0 bridgehead atoms. The van der Waals surface area contributed by atoms with E-state index in [9.17, 15) is 5.11 Å². The minimum absolute atomic E-state index is 0. The van der Waals surface area contributed by atoms with Gasteiger partial charge in [0.1, 0.15) is 5.75 Å². The van der Waals surface area contributed by atoms with Crippen molar-refractivity contribution in [1.29, 1.82) is 0 Å². The molecule has 0 saturated heterocycles. The van der Waals surface area contributed by atoms with Gasteiger partial charge in [0.15, 0.2) is 0 Å². The van der Waals surface area contributed by atoms with Crippen molar-refractivity contribution < 1.29 is 5.11 Å². The molecule has 0 saturated carbocycles. The summed E-state index contributed by atoms with van der Waals surface area (Å²) in [6.07, 6.45) is 3.54. The summed E-state index contributed by atoms with van der Waals surface area (Å²) < 4.78 is 0. The lowest BCUT2D eigenvalue weighted by Gasteiger charge is -2.04. The monoisotopic (exact) mass is 224 g/mol. The highest BCUT2D eigenvalue weighted by Gasteiger charge is 1.97. The van der Waals surface area contributed by atoms with Crippen LogP contribution < -0.4 is 0 Å². The highest BCUT2D eigenvalue weighted by atomic mass is 16.3. The van der Waals surface area contributed by atoms with Crippen LogP contribution in [-0.2, 0) is 6.42 Å². The number of benzene rings is 1. The average molecular weight is 224 g/mol. The largest absolute Gasteiger partial charge is 0.508 e. The fourth-order valence-corrected chi connectivity index (χ4v) is 1.43. The summed E-state index contributed by atoms with van der Waals surface area (Å²) in [5.41, 5.74) is 1.24. The van der Waals surface area contributed by atoms with Gasteiger partial charge in [0, 0.05) is 0 Å². The van der Waals surface area contributed by atoms with Crippen molar-refractivity contribution >= 4 is 0 Å². The van der Waals surface area contributed by atoms with Crippen LogP contribution in [0, 0.1) is 5.92 Å². The second kappa shape index (κ2) is 10.5. The van der Waals surface area contributed by atoms with Crippen LogP contribution in [0.1, 0.15) is 53.5 Å². The number of phenols is 1. The van der Waals surface area contributed by atoms with Crippen molar-refractivity contribution in [2.24, 2.45) is 5.92 Å². The maximum atomic E-state index is 9.22. The normalized spacial score (nSPS) is 9.06. The van der Waals surface area contributed by atoms with Crippen LogP contribution in [-0.4, -0.2) is 5.11 Å². The van der Waals surface area contributed by atoms with E-state index in [2.05, 4.69) is 19.9 Å². The smallest absolute Gasteiger partial charge is 0.115 e. The van der Waals surface area contributed by atoms with Gasteiger partial charge in [-0.05, 0) is 36.5 Å². The Labute approximate surface area is 102 Å². The SMILES string of the molecule is C.CC.CC(C)CCCc1cccc(O)c1. The number of hydrogen-bond donors (Lipinski definition) is 1. The molecule has 0 unspecified atom stereocenters. The predicted molar refractivity (Wildman–Crippen MR) is 74.0 cm³/mol. The average Bonchev–Trinajstić information content (AvgIpc) is 2.20. The van der Waals surface area contributed by atoms with E-state index in [1.54, 1.807) is 6.07 Å². The molecular weight excluding hydrogens is 196 g/mol. The van der Waals surface area contributed by atoms with E-state index >= 15 is 0 Å². The van der Waals surface area contributed by atoms with E-state index in [1.807, 2.05) is 26.0 Å². The molecule has 0 radical (unpaired) electrons. The topological polar surface area (TPSA) is 20.2 Å². The van der Waals surface area contributed by atoms with Crippen LogP contribution in [0.2, 0.25) is 0 Å². The van der Waals surface area contributed by atoms with E-state index in [4.69, 9.17) is 0 Å². The summed E-state index contributed by atoms with van der Waals surface area (Å²) in [6, 6.07) is 7.53. The number of rotatable bonds is 4. The van der Waals surface area contributed by atoms with Crippen molar-refractivity contribution in [2.45, 2.75) is 54.4 Å². The quantitative estimate of drug-likeness (QED) is 0.760. The molecule has 0 aliphatic carbocycles. The van der Waals surface area contributed by atoms with Crippen molar-refractivity contribution in [3.8, 4) is 5.75 Å². The molecule has 1 heteroatoms. The molecule has 16 heavy (non-hydrogen) atoms. The molecule has 94 valence electrons. The summed E-state index contributed by atoms with van der Waals surface area (Å²) in [6.45, 7) is 8.48. The van der Waals surface area contributed by atoms with Crippen molar-refractivity contribution in [3.63, 3.8) is 0 Å². The first-order valence-electron chi connectivity index (χ1n) is 5.96. The van der Waals surface area contributed by atoms with Gasteiger partial charge in [0.25, 0.3) is 0 Å². The standard InChI is InChI=1S/C12H18O.C2H6.CH4/c1-10(2)5-3-6-11-7-4-8-12(13)9-11;1-2;/h4,7-10,13H,3,5-6H2,1-2H3;1-2H3;1H4. The molecule has 0 aliphatic rings. The minimum atomic E-state index is 0. The molecule has 0 aromatic heterocycles. The van der Waals surface area contributed by atoms with Crippen LogP contribution in [0.25, 0.3) is 0 Å². The predicted octanol–water partition coefficient (Wildman–Crippen LogP) is 5.03. The molecule has 1 nitrogen and oxygen atoms in total. The molecule has 0 fully saturated rings. The van der Waals surface area contributed by atoms with Crippen LogP contribution >= 0.6 is 0 Å². The Hall–Kier alpha value is -0.980. The molecule has 0 heterocycles. The molecule has 0 amide bonds. The van der Waals surface area contributed by atoms with Gasteiger partial charge in [0.2, 0.25) is 0 Å². The van der Waals surface area contributed by atoms with E-state index < -0.39 is 0 Å². The highest BCUT2D eigenvalue weighted by Crippen LogP contribution is 2.14. The van der Waals surface area contributed by atoms with Gasteiger partial charge in [-0.3, -0.25) is 0 Å². The van der Waals surface area contributed by atoms with E-state index in [0.717, 1.165) is 12.3 Å².